The first kappa shape index (κ1) is 17.7. The largest absolute Gasteiger partial charge is 0.612 e. The Morgan fingerprint density at radius 3 is 2.63 bits per heavy atom. The fourth-order valence-electron chi connectivity index (χ4n) is 2.77. The van der Waals surface area contributed by atoms with Crippen LogP contribution in [0.4, 0.5) is 5.82 Å². The van der Waals surface area contributed by atoms with Crippen molar-refractivity contribution in [3.8, 4) is 33.3 Å². The van der Waals surface area contributed by atoms with Crippen LogP contribution in [0.2, 0.25) is 0 Å². The Labute approximate surface area is 163 Å². The molecule has 0 aliphatic carbocycles. The maximum atomic E-state index is 12.1. The molecule has 3 heterocycles. The predicted octanol–water partition coefficient (Wildman–Crippen LogP) is 4.16. The molecule has 0 saturated heterocycles. The zero-order valence-corrected chi connectivity index (χ0v) is 16.3. The number of nitrogens with zero attached hydrogens (tertiary/aromatic N) is 3. The summed E-state index contributed by atoms with van der Waals surface area (Å²) in [7, 11) is 0. The minimum atomic E-state index is -1.13. The van der Waals surface area contributed by atoms with Gasteiger partial charge in [-0.25, -0.2) is 4.98 Å². The van der Waals surface area contributed by atoms with Crippen LogP contribution in [0.1, 0.15) is 5.56 Å². The smallest absolute Gasteiger partial charge is 0.258 e. The lowest BCUT2D eigenvalue weighted by molar-refractivity contribution is 0.586. The third kappa shape index (κ3) is 3.34. The molecule has 1 unspecified atom stereocenters. The zero-order chi connectivity index (χ0) is 19.0. The lowest BCUT2D eigenvalue weighted by Crippen LogP contribution is -2.01. The first-order valence-corrected chi connectivity index (χ1v) is 10.5. The van der Waals surface area contributed by atoms with Gasteiger partial charge < -0.3 is 14.7 Å². The van der Waals surface area contributed by atoms with Gasteiger partial charge in [-0.05, 0) is 53.3 Å². The minimum Gasteiger partial charge on any atom is -0.612 e. The quantitative estimate of drug-likeness (QED) is 0.520. The Balaban J connectivity index is 1.79. The van der Waals surface area contributed by atoms with Crippen LogP contribution in [-0.2, 0) is 11.2 Å². The van der Waals surface area contributed by atoms with Crippen molar-refractivity contribution < 1.29 is 8.97 Å². The van der Waals surface area contributed by atoms with Gasteiger partial charge in [-0.3, -0.25) is 0 Å². The summed E-state index contributed by atoms with van der Waals surface area (Å²) in [5.41, 5.74) is 9.31. The van der Waals surface area contributed by atoms with Gasteiger partial charge in [-0.15, -0.1) is 21.5 Å². The highest BCUT2D eigenvalue weighted by Gasteiger charge is 2.19. The standard InChI is InChI=1S/C19H16N4O2S2/c1-11-7-8-26-16(11)19-23-22-18(25-19)14-9-12(10-21-17(14)20)13-5-3-4-6-15(13)27(2)24/h3-10H,1-2H3,(H2,20,21). The third-order valence-corrected chi connectivity index (χ3v) is 6.12. The van der Waals surface area contributed by atoms with E-state index >= 15 is 0 Å². The lowest BCUT2D eigenvalue weighted by Gasteiger charge is -2.11. The van der Waals surface area contributed by atoms with Crippen molar-refractivity contribution in [1.82, 2.24) is 15.2 Å². The van der Waals surface area contributed by atoms with Gasteiger partial charge in [0.15, 0.2) is 4.90 Å². The molecule has 4 aromatic rings. The first-order chi connectivity index (χ1) is 13.0. The van der Waals surface area contributed by atoms with Crippen molar-refractivity contribution in [2.75, 3.05) is 12.0 Å². The van der Waals surface area contributed by atoms with Crippen LogP contribution in [0.15, 0.2) is 57.3 Å². The maximum absolute atomic E-state index is 12.1. The second-order valence-corrected chi connectivity index (χ2v) is 8.22. The number of thiophene rings is 1. The summed E-state index contributed by atoms with van der Waals surface area (Å²) in [5.74, 6) is 1.06. The molecule has 3 aromatic heterocycles. The van der Waals surface area contributed by atoms with E-state index < -0.39 is 11.2 Å². The molecule has 1 aromatic carbocycles. The van der Waals surface area contributed by atoms with Crippen molar-refractivity contribution in [2.24, 2.45) is 0 Å². The van der Waals surface area contributed by atoms with Crippen LogP contribution in [0.25, 0.3) is 33.3 Å². The molecule has 0 amide bonds. The second-order valence-electron chi connectivity index (χ2n) is 5.95. The minimum absolute atomic E-state index is 0.298. The Morgan fingerprint density at radius 1 is 1.11 bits per heavy atom. The number of rotatable bonds is 4. The van der Waals surface area contributed by atoms with Gasteiger partial charge in [0, 0.05) is 17.3 Å². The Kier molecular flexibility index (Phi) is 4.69. The van der Waals surface area contributed by atoms with Crippen LogP contribution >= 0.6 is 11.3 Å². The Bertz CT molecular complexity index is 1100. The number of pyridine rings is 1. The number of anilines is 1. The van der Waals surface area contributed by atoms with Crippen molar-refractivity contribution in [3.63, 3.8) is 0 Å². The van der Waals surface area contributed by atoms with Gasteiger partial charge in [0.05, 0.1) is 10.4 Å². The Morgan fingerprint density at radius 2 is 1.89 bits per heavy atom. The van der Waals surface area contributed by atoms with Gasteiger partial charge in [0.25, 0.3) is 11.8 Å². The predicted molar refractivity (Wildman–Crippen MR) is 108 cm³/mol. The van der Waals surface area contributed by atoms with E-state index in [1.165, 1.54) is 0 Å². The molecule has 0 spiro atoms. The van der Waals surface area contributed by atoms with Gasteiger partial charge in [0.2, 0.25) is 0 Å². The number of aryl methyl sites for hydroxylation is 1. The monoisotopic (exact) mass is 396 g/mol. The number of benzene rings is 1. The second kappa shape index (κ2) is 7.15. The van der Waals surface area contributed by atoms with Crippen molar-refractivity contribution in [1.29, 1.82) is 0 Å². The van der Waals surface area contributed by atoms with Crippen LogP contribution < -0.4 is 5.73 Å². The number of aromatic nitrogens is 3. The highest BCUT2D eigenvalue weighted by molar-refractivity contribution is 7.90. The van der Waals surface area contributed by atoms with Crippen LogP contribution in [0.3, 0.4) is 0 Å². The number of hydrogen-bond donors (Lipinski definition) is 1. The first-order valence-electron chi connectivity index (χ1n) is 8.11. The van der Waals surface area contributed by atoms with E-state index in [2.05, 4.69) is 15.2 Å². The number of nitrogen functional groups attached to an aromatic ring is 1. The molecular formula is C19H16N4O2S2. The highest BCUT2D eigenvalue weighted by atomic mass is 32.2. The fourth-order valence-corrected chi connectivity index (χ4v) is 4.38. The molecule has 0 aliphatic heterocycles. The Hall–Kier alpha value is -2.68. The molecule has 6 nitrogen and oxygen atoms in total. The molecule has 0 saturated carbocycles. The van der Waals surface area contributed by atoms with E-state index in [9.17, 15) is 4.55 Å². The molecule has 27 heavy (non-hydrogen) atoms. The molecule has 4 rings (SSSR count). The van der Waals surface area contributed by atoms with Gasteiger partial charge in [0.1, 0.15) is 12.1 Å². The molecule has 1 atom stereocenters. The van der Waals surface area contributed by atoms with Gasteiger partial charge >= 0.3 is 0 Å². The lowest BCUT2D eigenvalue weighted by atomic mass is 10.1. The van der Waals surface area contributed by atoms with Crippen LogP contribution in [0.5, 0.6) is 0 Å². The fraction of sp³-hybridized carbons (Fsp3) is 0.105. The molecular weight excluding hydrogens is 380 g/mol. The zero-order valence-electron chi connectivity index (χ0n) is 14.7. The highest BCUT2D eigenvalue weighted by Crippen LogP contribution is 2.34. The summed E-state index contributed by atoms with van der Waals surface area (Å²) >= 11 is 0.418. The summed E-state index contributed by atoms with van der Waals surface area (Å²) in [6.45, 7) is 1.99. The average molecular weight is 396 g/mol. The van der Waals surface area contributed by atoms with E-state index in [0.717, 1.165) is 26.5 Å². The molecule has 0 aliphatic rings. The van der Waals surface area contributed by atoms with E-state index in [1.54, 1.807) is 23.8 Å². The number of nitrogens with two attached hydrogens (primary N) is 1. The van der Waals surface area contributed by atoms with Crippen molar-refractivity contribution in [2.45, 2.75) is 11.8 Å². The van der Waals surface area contributed by atoms with Crippen molar-refractivity contribution >= 4 is 28.3 Å². The van der Waals surface area contributed by atoms with Crippen LogP contribution in [-0.4, -0.2) is 26.0 Å². The van der Waals surface area contributed by atoms with Gasteiger partial charge in [-0.1, -0.05) is 12.1 Å². The van der Waals surface area contributed by atoms with Crippen molar-refractivity contribution in [3.05, 3.63) is 53.5 Å². The molecule has 0 radical (unpaired) electrons. The number of hydrogen-bond acceptors (Lipinski definition) is 7. The normalized spacial score (nSPS) is 12.3. The summed E-state index contributed by atoms with van der Waals surface area (Å²) in [6.07, 6.45) is 3.31. The summed E-state index contributed by atoms with van der Waals surface area (Å²) in [6, 6.07) is 11.3. The molecule has 0 bridgehead atoms. The van der Waals surface area contributed by atoms with E-state index in [4.69, 9.17) is 10.2 Å². The van der Waals surface area contributed by atoms with E-state index in [1.807, 2.05) is 48.7 Å². The molecule has 8 heteroatoms. The van der Waals surface area contributed by atoms with Gasteiger partial charge in [-0.2, -0.15) is 0 Å². The average Bonchev–Trinajstić information content (AvgIpc) is 3.31. The third-order valence-electron chi connectivity index (χ3n) is 4.14. The summed E-state index contributed by atoms with van der Waals surface area (Å²) in [4.78, 5) is 5.94. The molecule has 0 fully saturated rings. The summed E-state index contributed by atoms with van der Waals surface area (Å²) < 4.78 is 17.9. The molecule has 2 N–H and O–H groups in total. The van der Waals surface area contributed by atoms with E-state index in [0.29, 0.717) is 23.2 Å². The van der Waals surface area contributed by atoms with Crippen LogP contribution in [0, 0.1) is 6.92 Å². The SMILES string of the molecule is Cc1ccsc1-c1nnc(-c2cc(-c3ccccc3[S+](C)[O-])cnc2N)o1. The molecule has 136 valence electrons. The maximum Gasteiger partial charge on any atom is 0.258 e. The van der Waals surface area contributed by atoms with E-state index in [-0.39, 0.29) is 0 Å². The topological polar surface area (TPSA) is 101 Å². The summed E-state index contributed by atoms with van der Waals surface area (Å²) in [5, 5.41) is 10.3.